The van der Waals surface area contributed by atoms with Crippen molar-refractivity contribution in [2.24, 2.45) is 7.05 Å². The molecule has 0 saturated carbocycles. The number of hydrogen-bond donors (Lipinski definition) is 1. The highest BCUT2D eigenvalue weighted by atomic mass is 16.5. The predicted molar refractivity (Wildman–Crippen MR) is 69.9 cm³/mol. The summed E-state index contributed by atoms with van der Waals surface area (Å²) in [4.78, 5) is 4.45. The Morgan fingerprint density at radius 3 is 2.41 bits per heavy atom. The molecule has 0 amide bonds. The number of likely N-dealkylation sites (N-methyl/N-ethyl adjacent to an activating group) is 1. The van der Waals surface area contributed by atoms with Gasteiger partial charge < -0.3 is 14.6 Å². The third-order valence-corrected chi connectivity index (χ3v) is 3.46. The summed E-state index contributed by atoms with van der Waals surface area (Å²) >= 11 is 0. The highest BCUT2D eigenvalue weighted by Gasteiger charge is 2.37. The van der Waals surface area contributed by atoms with E-state index in [4.69, 9.17) is 4.74 Å². The monoisotopic (exact) mass is 239 g/mol. The lowest BCUT2D eigenvalue weighted by Crippen LogP contribution is -2.44. The van der Waals surface area contributed by atoms with Crippen LogP contribution < -0.4 is 5.32 Å². The van der Waals surface area contributed by atoms with E-state index in [2.05, 4.69) is 30.3 Å². The van der Waals surface area contributed by atoms with Crippen LogP contribution in [0.4, 0.5) is 0 Å². The Labute approximate surface area is 104 Å². The van der Waals surface area contributed by atoms with Gasteiger partial charge in [0.2, 0.25) is 0 Å². The lowest BCUT2D eigenvalue weighted by molar-refractivity contribution is -0.0726. The van der Waals surface area contributed by atoms with Gasteiger partial charge in [-0.2, -0.15) is 0 Å². The molecule has 1 heterocycles. The van der Waals surface area contributed by atoms with E-state index in [1.165, 1.54) is 0 Å². The number of aromatic nitrogens is 2. The van der Waals surface area contributed by atoms with E-state index in [1.807, 2.05) is 31.9 Å². The van der Waals surface area contributed by atoms with Gasteiger partial charge >= 0.3 is 0 Å². The van der Waals surface area contributed by atoms with E-state index >= 15 is 0 Å². The fraction of sp³-hybridized carbons (Fsp3) is 0.769. The zero-order valence-corrected chi connectivity index (χ0v) is 11.7. The van der Waals surface area contributed by atoms with Crippen molar-refractivity contribution in [1.82, 2.24) is 14.9 Å². The lowest BCUT2D eigenvalue weighted by Gasteiger charge is -2.38. The second kappa shape index (κ2) is 6.17. The van der Waals surface area contributed by atoms with Crippen molar-refractivity contribution >= 4 is 0 Å². The zero-order chi connectivity index (χ0) is 12.9. The highest BCUT2D eigenvalue weighted by Crippen LogP contribution is 2.34. The molecular weight excluding hydrogens is 214 g/mol. The Balaban J connectivity index is 3.04. The first kappa shape index (κ1) is 14.2. The van der Waals surface area contributed by atoms with E-state index in [9.17, 15) is 0 Å². The van der Waals surface area contributed by atoms with Crippen LogP contribution in [0.15, 0.2) is 12.5 Å². The Bertz CT molecular complexity index is 331. The average Bonchev–Trinajstić information content (AvgIpc) is 2.75. The second-order valence-electron chi connectivity index (χ2n) is 4.39. The van der Waals surface area contributed by atoms with Crippen LogP contribution in [0, 0.1) is 0 Å². The summed E-state index contributed by atoms with van der Waals surface area (Å²) in [5.74, 6) is 0. The predicted octanol–water partition coefficient (Wildman–Crippen LogP) is 2.28. The quantitative estimate of drug-likeness (QED) is 0.793. The van der Waals surface area contributed by atoms with E-state index in [0.29, 0.717) is 0 Å². The number of imidazole rings is 1. The number of rotatable bonds is 7. The van der Waals surface area contributed by atoms with Gasteiger partial charge in [0.25, 0.3) is 0 Å². The Morgan fingerprint density at radius 2 is 2.06 bits per heavy atom. The minimum absolute atomic E-state index is 0.138. The molecule has 98 valence electrons. The van der Waals surface area contributed by atoms with Crippen LogP contribution in [-0.2, 0) is 11.8 Å². The van der Waals surface area contributed by atoms with Crippen LogP contribution in [-0.4, -0.2) is 28.8 Å². The van der Waals surface area contributed by atoms with Gasteiger partial charge in [-0.05, 0) is 26.8 Å². The third kappa shape index (κ3) is 2.87. The molecule has 0 aliphatic heterocycles. The smallest absolute Gasteiger partial charge is 0.0947 e. The summed E-state index contributed by atoms with van der Waals surface area (Å²) in [6, 6.07) is 0.138. The lowest BCUT2D eigenvalue weighted by atomic mass is 9.86. The second-order valence-corrected chi connectivity index (χ2v) is 4.39. The maximum atomic E-state index is 6.03. The largest absolute Gasteiger partial charge is 0.373 e. The molecule has 4 heteroatoms. The normalized spacial score (nSPS) is 13.9. The van der Waals surface area contributed by atoms with Crippen molar-refractivity contribution in [2.45, 2.75) is 45.3 Å². The molecule has 1 atom stereocenters. The Morgan fingerprint density at radius 1 is 1.41 bits per heavy atom. The molecule has 0 aliphatic carbocycles. The summed E-state index contributed by atoms with van der Waals surface area (Å²) in [5.41, 5.74) is 0.879. The molecule has 1 aromatic rings. The van der Waals surface area contributed by atoms with Gasteiger partial charge in [-0.1, -0.05) is 13.8 Å². The van der Waals surface area contributed by atoms with Gasteiger partial charge in [-0.3, -0.25) is 0 Å². The number of aryl methyl sites for hydroxylation is 1. The fourth-order valence-electron chi connectivity index (χ4n) is 2.50. The average molecular weight is 239 g/mol. The maximum Gasteiger partial charge on any atom is 0.0947 e. The fourth-order valence-corrected chi connectivity index (χ4v) is 2.50. The van der Waals surface area contributed by atoms with Crippen molar-refractivity contribution in [3.05, 3.63) is 18.2 Å². The molecular formula is C13H25N3O. The van der Waals surface area contributed by atoms with Crippen molar-refractivity contribution in [3.8, 4) is 0 Å². The summed E-state index contributed by atoms with van der Waals surface area (Å²) in [6.45, 7) is 7.12. The molecule has 1 unspecified atom stereocenters. The minimum atomic E-state index is -0.169. The van der Waals surface area contributed by atoms with Gasteiger partial charge in [0.05, 0.1) is 23.7 Å². The molecule has 0 aromatic carbocycles. The van der Waals surface area contributed by atoms with Gasteiger partial charge in [0.1, 0.15) is 0 Å². The summed E-state index contributed by atoms with van der Waals surface area (Å²) in [7, 11) is 3.96. The number of ether oxygens (including phenoxy) is 1. The minimum Gasteiger partial charge on any atom is -0.373 e. The molecule has 1 N–H and O–H groups in total. The van der Waals surface area contributed by atoms with Gasteiger partial charge in [0, 0.05) is 19.9 Å². The molecule has 0 fully saturated rings. The maximum absolute atomic E-state index is 6.03. The van der Waals surface area contributed by atoms with Gasteiger partial charge in [-0.15, -0.1) is 0 Å². The number of nitrogens with one attached hydrogen (secondary N) is 1. The van der Waals surface area contributed by atoms with Crippen LogP contribution in [0.25, 0.3) is 0 Å². The summed E-state index contributed by atoms with van der Waals surface area (Å²) in [6.07, 6.45) is 5.83. The van der Waals surface area contributed by atoms with E-state index in [-0.39, 0.29) is 11.6 Å². The van der Waals surface area contributed by atoms with Crippen LogP contribution >= 0.6 is 0 Å². The number of hydrogen-bond acceptors (Lipinski definition) is 3. The topological polar surface area (TPSA) is 39.1 Å². The molecule has 1 rings (SSSR count). The van der Waals surface area contributed by atoms with E-state index in [0.717, 1.165) is 25.1 Å². The van der Waals surface area contributed by atoms with E-state index < -0.39 is 0 Å². The summed E-state index contributed by atoms with van der Waals surface area (Å²) in [5, 5.41) is 3.36. The van der Waals surface area contributed by atoms with E-state index in [1.54, 1.807) is 0 Å². The Hall–Kier alpha value is -0.870. The SMILES string of the molecule is CCOC(CC)(CC)C(NC)c1cn(C)cn1. The first-order chi connectivity index (χ1) is 8.13. The van der Waals surface area contributed by atoms with Crippen molar-refractivity contribution < 1.29 is 4.74 Å². The molecule has 4 nitrogen and oxygen atoms in total. The summed E-state index contributed by atoms with van der Waals surface area (Å²) < 4.78 is 8.01. The molecule has 0 aliphatic rings. The number of nitrogens with zero attached hydrogens (tertiary/aromatic N) is 2. The first-order valence-electron chi connectivity index (χ1n) is 6.42. The molecule has 0 bridgehead atoms. The molecule has 0 radical (unpaired) electrons. The molecule has 0 spiro atoms. The standard InChI is InChI=1S/C13H25N3O/c1-6-13(7-2,17-8-3)12(14-4)11-9-16(5)10-15-11/h9-10,12,14H,6-8H2,1-5H3. The van der Waals surface area contributed by atoms with Crippen LogP contribution in [0.5, 0.6) is 0 Å². The molecule has 17 heavy (non-hydrogen) atoms. The molecule has 0 saturated heterocycles. The van der Waals surface area contributed by atoms with Crippen molar-refractivity contribution in [2.75, 3.05) is 13.7 Å². The van der Waals surface area contributed by atoms with Crippen LogP contribution in [0.1, 0.15) is 45.3 Å². The highest BCUT2D eigenvalue weighted by molar-refractivity contribution is 5.10. The van der Waals surface area contributed by atoms with Crippen molar-refractivity contribution in [1.29, 1.82) is 0 Å². The first-order valence-corrected chi connectivity index (χ1v) is 6.42. The zero-order valence-electron chi connectivity index (χ0n) is 11.7. The third-order valence-electron chi connectivity index (χ3n) is 3.46. The molecule has 1 aromatic heterocycles. The Kier molecular flexibility index (Phi) is 5.15. The van der Waals surface area contributed by atoms with Crippen molar-refractivity contribution in [3.63, 3.8) is 0 Å². The van der Waals surface area contributed by atoms with Gasteiger partial charge in [0.15, 0.2) is 0 Å². The van der Waals surface area contributed by atoms with Crippen LogP contribution in [0.3, 0.4) is 0 Å². The van der Waals surface area contributed by atoms with Gasteiger partial charge in [-0.25, -0.2) is 4.98 Å². The van der Waals surface area contributed by atoms with Crippen LogP contribution in [0.2, 0.25) is 0 Å².